The molecule has 2 aliphatic rings. The van der Waals surface area contributed by atoms with E-state index >= 15 is 0 Å². The minimum absolute atomic E-state index is 0.266. The number of nitrogens with zero attached hydrogens (tertiary/aromatic N) is 1. The maximum Gasteiger partial charge on any atom is 0.312 e. The van der Waals surface area contributed by atoms with Crippen LogP contribution in [0.15, 0.2) is 60.7 Å². The molecule has 0 unspecified atom stereocenters. The Morgan fingerprint density at radius 3 is 1.96 bits per heavy atom. The number of hydrogen-bond acceptors (Lipinski definition) is 2. The van der Waals surface area contributed by atoms with Crippen LogP contribution in [0.4, 0.5) is 4.79 Å². The molecular weight excluding hydrogens is 346 g/mol. The average molecular weight is 378 g/mol. The Balaban J connectivity index is 1.72. The lowest BCUT2D eigenvalue weighted by Crippen LogP contribution is -2.47. The van der Waals surface area contributed by atoms with Crippen LogP contribution in [0.2, 0.25) is 0 Å². The monoisotopic (exact) mass is 377 g/mol. The van der Waals surface area contributed by atoms with Gasteiger partial charge >= 0.3 is 6.03 Å². The van der Waals surface area contributed by atoms with Gasteiger partial charge in [-0.2, -0.15) is 0 Å². The molecule has 4 heteroatoms. The number of piperidine rings is 1. The summed E-state index contributed by atoms with van der Waals surface area (Å²) in [4.78, 5) is 14.3. The van der Waals surface area contributed by atoms with Crippen molar-refractivity contribution in [3.63, 3.8) is 0 Å². The van der Waals surface area contributed by atoms with E-state index in [1.54, 1.807) is 0 Å². The molecule has 0 saturated carbocycles. The van der Waals surface area contributed by atoms with Crippen molar-refractivity contribution in [2.24, 2.45) is 11.7 Å². The van der Waals surface area contributed by atoms with Crippen LogP contribution < -0.4 is 11.1 Å². The Labute approximate surface area is 168 Å². The Morgan fingerprint density at radius 1 is 1.00 bits per heavy atom. The third-order valence-electron chi connectivity index (χ3n) is 7.05. The molecule has 0 aliphatic carbocycles. The van der Waals surface area contributed by atoms with Crippen molar-refractivity contribution in [3.8, 4) is 0 Å². The van der Waals surface area contributed by atoms with Gasteiger partial charge in [-0.3, -0.25) is 0 Å². The number of urea groups is 1. The molecule has 2 amide bonds. The van der Waals surface area contributed by atoms with Gasteiger partial charge in [-0.05, 0) is 56.2 Å². The van der Waals surface area contributed by atoms with Crippen LogP contribution in [0.3, 0.4) is 0 Å². The molecule has 28 heavy (non-hydrogen) atoms. The van der Waals surface area contributed by atoms with E-state index in [0.717, 1.165) is 6.42 Å². The van der Waals surface area contributed by atoms with E-state index in [1.165, 1.54) is 36.8 Å². The summed E-state index contributed by atoms with van der Waals surface area (Å²) in [5, 5.41) is 2.95. The Morgan fingerprint density at radius 2 is 1.50 bits per heavy atom. The molecule has 2 bridgehead atoms. The SMILES string of the molecule is CN1[C@@H]2CC[C@H]1C[C@@H](CC(CNC(N)=O)(c1ccccc1)c1ccccc1)C2. The molecule has 2 aliphatic heterocycles. The molecular formula is C24H31N3O. The van der Waals surface area contributed by atoms with Crippen LogP contribution in [0.25, 0.3) is 0 Å². The molecule has 148 valence electrons. The highest BCUT2D eigenvalue weighted by molar-refractivity contribution is 5.72. The third kappa shape index (κ3) is 3.66. The van der Waals surface area contributed by atoms with E-state index in [2.05, 4.69) is 77.9 Å². The predicted molar refractivity (Wildman–Crippen MR) is 113 cm³/mol. The number of carbonyl (C=O) groups excluding carboxylic acids is 1. The molecule has 2 aromatic carbocycles. The van der Waals surface area contributed by atoms with Crippen molar-refractivity contribution in [1.29, 1.82) is 0 Å². The number of amides is 2. The summed E-state index contributed by atoms with van der Waals surface area (Å²) in [5.41, 5.74) is 7.74. The van der Waals surface area contributed by atoms with Crippen LogP contribution in [-0.4, -0.2) is 36.6 Å². The van der Waals surface area contributed by atoms with Crippen LogP contribution in [0.1, 0.15) is 43.2 Å². The lowest BCUT2D eigenvalue weighted by atomic mass is 9.67. The first kappa shape index (κ1) is 19.0. The van der Waals surface area contributed by atoms with Gasteiger partial charge < -0.3 is 16.0 Å². The first-order chi connectivity index (χ1) is 13.6. The van der Waals surface area contributed by atoms with Gasteiger partial charge in [0, 0.05) is 24.0 Å². The summed E-state index contributed by atoms with van der Waals surface area (Å²) in [7, 11) is 2.29. The topological polar surface area (TPSA) is 58.4 Å². The molecule has 2 heterocycles. The van der Waals surface area contributed by atoms with Gasteiger partial charge in [0.1, 0.15) is 0 Å². The first-order valence-electron chi connectivity index (χ1n) is 10.4. The maximum absolute atomic E-state index is 11.7. The zero-order valence-corrected chi connectivity index (χ0v) is 16.7. The van der Waals surface area contributed by atoms with E-state index in [4.69, 9.17) is 5.73 Å². The molecule has 0 radical (unpaired) electrons. The standard InChI is InChI=1S/C24H31N3O/c1-27-21-12-13-22(27)15-18(14-21)16-24(17-26-23(25)28,19-8-4-2-5-9-19)20-10-6-3-7-11-20/h2-11,18,21-22H,12-17H2,1H3,(H3,25,26,28)/t18-,21+,22-. The molecule has 2 fully saturated rings. The van der Waals surface area contributed by atoms with Gasteiger partial charge in [0.25, 0.3) is 0 Å². The van der Waals surface area contributed by atoms with Crippen molar-refractivity contribution in [2.75, 3.05) is 13.6 Å². The van der Waals surface area contributed by atoms with Crippen LogP contribution in [-0.2, 0) is 5.41 Å². The van der Waals surface area contributed by atoms with Crippen LogP contribution in [0.5, 0.6) is 0 Å². The number of hydrogen-bond donors (Lipinski definition) is 2. The van der Waals surface area contributed by atoms with Gasteiger partial charge in [0.2, 0.25) is 0 Å². The maximum atomic E-state index is 11.7. The molecule has 0 aromatic heterocycles. The van der Waals surface area contributed by atoms with Gasteiger partial charge in [-0.1, -0.05) is 60.7 Å². The van der Waals surface area contributed by atoms with Crippen LogP contribution >= 0.6 is 0 Å². The molecule has 2 saturated heterocycles. The second kappa shape index (κ2) is 7.96. The third-order valence-corrected chi connectivity index (χ3v) is 7.05. The zero-order valence-electron chi connectivity index (χ0n) is 16.7. The van der Waals surface area contributed by atoms with E-state index < -0.39 is 6.03 Å². The zero-order chi connectivity index (χ0) is 19.6. The molecule has 0 spiro atoms. The second-order valence-corrected chi connectivity index (χ2v) is 8.62. The molecule has 2 aromatic rings. The fourth-order valence-electron chi connectivity index (χ4n) is 5.61. The fourth-order valence-corrected chi connectivity index (χ4v) is 5.61. The number of nitrogens with one attached hydrogen (secondary N) is 1. The van der Waals surface area contributed by atoms with Crippen molar-refractivity contribution in [1.82, 2.24) is 10.2 Å². The Hall–Kier alpha value is -2.33. The van der Waals surface area contributed by atoms with E-state index in [1.807, 2.05) is 0 Å². The fraction of sp³-hybridized carbons (Fsp3) is 0.458. The number of benzene rings is 2. The summed E-state index contributed by atoms with van der Waals surface area (Å²) >= 11 is 0. The Bertz CT molecular complexity index is 739. The van der Waals surface area contributed by atoms with Crippen molar-refractivity contribution < 1.29 is 4.79 Å². The van der Waals surface area contributed by atoms with E-state index in [0.29, 0.717) is 24.5 Å². The highest BCUT2D eigenvalue weighted by atomic mass is 16.2. The lowest BCUT2D eigenvalue weighted by Gasteiger charge is -2.43. The minimum atomic E-state index is -0.459. The minimum Gasteiger partial charge on any atom is -0.352 e. The van der Waals surface area contributed by atoms with Crippen molar-refractivity contribution in [3.05, 3.63) is 71.8 Å². The number of fused-ring (bicyclic) bond motifs is 2. The molecule has 4 rings (SSSR count). The average Bonchev–Trinajstić information content (AvgIpc) is 2.93. The number of primary amides is 1. The smallest absolute Gasteiger partial charge is 0.312 e. The lowest BCUT2D eigenvalue weighted by molar-refractivity contribution is 0.118. The Kier molecular flexibility index (Phi) is 5.40. The van der Waals surface area contributed by atoms with Gasteiger partial charge in [-0.15, -0.1) is 0 Å². The summed E-state index contributed by atoms with van der Waals surface area (Å²) in [5.74, 6) is 0.642. The molecule has 4 nitrogen and oxygen atoms in total. The largest absolute Gasteiger partial charge is 0.352 e. The van der Waals surface area contributed by atoms with E-state index in [-0.39, 0.29) is 5.41 Å². The number of nitrogens with two attached hydrogens (primary N) is 1. The van der Waals surface area contributed by atoms with Gasteiger partial charge in [0.05, 0.1) is 0 Å². The van der Waals surface area contributed by atoms with Crippen molar-refractivity contribution in [2.45, 2.75) is 49.6 Å². The number of rotatable bonds is 6. The summed E-state index contributed by atoms with van der Waals surface area (Å²) in [6.45, 7) is 0.526. The second-order valence-electron chi connectivity index (χ2n) is 8.62. The van der Waals surface area contributed by atoms with Gasteiger partial charge in [-0.25, -0.2) is 4.79 Å². The summed E-state index contributed by atoms with van der Waals surface area (Å²) in [6.07, 6.45) is 6.15. The van der Waals surface area contributed by atoms with Crippen LogP contribution in [0, 0.1) is 5.92 Å². The predicted octanol–water partition coefficient (Wildman–Crippen LogP) is 3.90. The van der Waals surface area contributed by atoms with Crippen molar-refractivity contribution >= 4 is 6.03 Å². The number of carbonyl (C=O) groups is 1. The normalized spacial score (nSPS) is 24.8. The highest BCUT2D eigenvalue weighted by Gasteiger charge is 2.43. The highest BCUT2D eigenvalue weighted by Crippen LogP contribution is 2.45. The quantitative estimate of drug-likeness (QED) is 0.802. The first-order valence-corrected chi connectivity index (χ1v) is 10.4. The molecule has 3 N–H and O–H groups in total. The van der Waals surface area contributed by atoms with Gasteiger partial charge in [0.15, 0.2) is 0 Å². The molecule has 3 atom stereocenters. The van der Waals surface area contributed by atoms with E-state index in [9.17, 15) is 4.79 Å². The summed E-state index contributed by atoms with van der Waals surface area (Å²) in [6, 6.07) is 22.2. The summed E-state index contributed by atoms with van der Waals surface area (Å²) < 4.78 is 0.